The van der Waals surface area contributed by atoms with Crippen molar-refractivity contribution < 1.29 is 14.3 Å². The molecule has 1 aliphatic heterocycles. The van der Waals surface area contributed by atoms with E-state index in [0.29, 0.717) is 13.0 Å². The van der Waals surface area contributed by atoms with E-state index in [1.807, 2.05) is 36.4 Å². The average molecular weight is 386 g/mol. The highest BCUT2D eigenvalue weighted by Gasteiger charge is 2.28. The van der Waals surface area contributed by atoms with Crippen LogP contribution in [-0.4, -0.2) is 24.5 Å². The van der Waals surface area contributed by atoms with E-state index in [0.717, 1.165) is 38.0 Å². The van der Waals surface area contributed by atoms with Crippen LogP contribution in [0.1, 0.15) is 15.9 Å². The van der Waals surface area contributed by atoms with E-state index in [1.165, 1.54) is 0 Å². The summed E-state index contributed by atoms with van der Waals surface area (Å²) in [6.07, 6.45) is 2.45. The third kappa shape index (κ3) is 2.59. The zero-order valence-electron chi connectivity index (χ0n) is 13.1. The Balaban J connectivity index is 1.65. The molecule has 0 saturated heterocycles. The molecular formula is C19H16BrNO3. The van der Waals surface area contributed by atoms with Crippen LogP contribution in [0.3, 0.4) is 0 Å². The molecule has 0 bridgehead atoms. The fraction of sp³-hybridized carbons (Fsp3) is 0.211. The molecule has 122 valence electrons. The third-order valence-corrected chi connectivity index (χ3v) is 4.95. The highest BCUT2D eigenvalue weighted by atomic mass is 79.9. The van der Waals surface area contributed by atoms with Crippen molar-refractivity contribution in [2.75, 3.05) is 13.7 Å². The standard InChI is InChI=1S/C19H16BrNO3/c1-23-14-3-5-18-11(7-14)6-12(10-24-18)19(22)16-9-21-17-8-13(20)2-4-15(16)17/h2-5,7-9,12,21H,6,10H2,1H3. The van der Waals surface area contributed by atoms with Crippen molar-refractivity contribution >= 4 is 32.6 Å². The van der Waals surface area contributed by atoms with Crippen LogP contribution in [0.2, 0.25) is 0 Å². The number of aromatic nitrogens is 1. The van der Waals surface area contributed by atoms with Crippen LogP contribution in [0.5, 0.6) is 11.5 Å². The molecule has 0 saturated carbocycles. The quantitative estimate of drug-likeness (QED) is 0.680. The molecule has 0 radical (unpaired) electrons. The molecule has 2 heterocycles. The minimum absolute atomic E-state index is 0.108. The molecule has 1 aliphatic rings. The second kappa shape index (κ2) is 5.98. The van der Waals surface area contributed by atoms with Gasteiger partial charge in [0.1, 0.15) is 11.5 Å². The Kier molecular flexibility index (Phi) is 3.81. The van der Waals surface area contributed by atoms with Gasteiger partial charge in [0, 0.05) is 27.1 Å². The first kappa shape index (κ1) is 15.3. The summed E-state index contributed by atoms with van der Waals surface area (Å²) in [5.74, 6) is 1.54. The summed E-state index contributed by atoms with van der Waals surface area (Å²) in [5, 5.41) is 0.944. The second-order valence-corrected chi connectivity index (χ2v) is 6.86. The number of carbonyl (C=O) groups excluding carboxylic acids is 1. The molecular weight excluding hydrogens is 370 g/mol. The van der Waals surface area contributed by atoms with E-state index in [4.69, 9.17) is 9.47 Å². The van der Waals surface area contributed by atoms with Gasteiger partial charge in [0.25, 0.3) is 0 Å². The predicted octanol–water partition coefficient (Wildman–Crippen LogP) is 4.37. The number of nitrogens with one attached hydrogen (secondary N) is 1. The van der Waals surface area contributed by atoms with E-state index < -0.39 is 0 Å². The highest BCUT2D eigenvalue weighted by Crippen LogP contribution is 2.33. The second-order valence-electron chi connectivity index (χ2n) is 5.94. The van der Waals surface area contributed by atoms with Gasteiger partial charge < -0.3 is 14.5 Å². The Morgan fingerprint density at radius 2 is 2.17 bits per heavy atom. The van der Waals surface area contributed by atoms with Gasteiger partial charge in [-0.2, -0.15) is 0 Å². The number of carbonyl (C=O) groups is 1. The van der Waals surface area contributed by atoms with Gasteiger partial charge in [0.05, 0.1) is 19.6 Å². The van der Waals surface area contributed by atoms with Gasteiger partial charge in [0.2, 0.25) is 0 Å². The van der Waals surface area contributed by atoms with Gasteiger partial charge in [-0.1, -0.05) is 22.0 Å². The van der Waals surface area contributed by atoms with Crippen LogP contribution in [0, 0.1) is 5.92 Å². The lowest BCUT2D eigenvalue weighted by Gasteiger charge is -2.24. The van der Waals surface area contributed by atoms with Gasteiger partial charge in [-0.15, -0.1) is 0 Å². The molecule has 5 heteroatoms. The number of rotatable bonds is 3. The van der Waals surface area contributed by atoms with Crippen molar-refractivity contribution in [3.8, 4) is 11.5 Å². The lowest BCUT2D eigenvalue weighted by atomic mass is 9.89. The Labute approximate surface area is 147 Å². The van der Waals surface area contributed by atoms with E-state index in [-0.39, 0.29) is 11.7 Å². The zero-order valence-corrected chi connectivity index (χ0v) is 14.7. The maximum absolute atomic E-state index is 13.0. The number of H-pyrrole nitrogens is 1. The van der Waals surface area contributed by atoms with Crippen molar-refractivity contribution in [3.05, 3.63) is 58.2 Å². The third-order valence-electron chi connectivity index (χ3n) is 4.45. The maximum atomic E-state index is 13.0. The van der Waals surface area contributed by atoms with Crippen molar-refractivity contribution in [2.45, 2.75) is 6.42 Å². The lowest BCUT2D eigenvalue weighted by Crippen LogP contribution is -2.28. The normalized spacial score (nSPS) is 16.5. The smallest absolute Gasteiger partial charge is 0.171 e. The van der Waals surface area contributed by atoms with Gasteiger partial charge in [0.15, 0.2) is 5.78 Å². The molecule has 0 amide bonds. The number of halogens is 1. The molecule has 4 rings (SSSR count). The molecule has 24 heavy (non-hydrogen) atoms. The number of Topliss-reactive ketones (excluding diaryl/α,β-unsaturated/α-hetero) is 1. The highest BCUT2D eigenvalue weighted by molar-refractivity contribution is 9.10. The molecule has 1 unspecified atom stereocenters. The molecule has 0 aliphatic carbocycles. The number of methoxy groups -OCH3 is 1. The minimum Gasteiger partial charge on any atom is -0.497 e. The number of hydrogen-bond acceptors (Lipinski definition) is 3. The topological polar surface area (TPSA) is 51.3 Å². The molecule has 0 fully saturated rings. The summed E-state index contributed by atoms with van der Waals surface area (Å²) in [5.41, 5.74) is 2.69. The summed E-state index contributed by atoms with van der Waals surface area (Å²) in [4.78, 5) is 16.2. The van der Waals surface area contributed by atoms with E-state index in [1.54, 1.807) is 13.3 Å². The maximum Gasteiger partial charge on any atom is 0.171 e. The Bertz CT molecular complexity index is 932. The SMILES string of the molecule is COc1ccc2c(c1)CC(C(=O)c1c[nH]c3cc(Br)ccc13)CO2. The number of benzene rings is 2. The molecule has 4 nitrogen and oxygen atoms in total. The monoisotopic (exact) mass is 385 g/mol. The van der Waals surface area contributed by atoms with Crippen molar-refractivity contribution in [2.24, 2.45) is 5.92 Å². The fourth-order valence-electron chi connectivity index (χ4n) is 3.19. The largest absolute Gasteiger partial charge is 0.497 e. The van der Waals surface area contributed by atoms with Crippen LogP contribution in [0.15, 0.2) is 47.1 Å². The first-order chi connectivity index (χ1) is 11.7. The van der Waals surface area contributed by atoms with Gasteiger partial charge in [-0.25, -0.2) is 0 Å². The molecule has 1 atom stereocenters. The van der Waals surface area contributed by atoms with E-state index in [2.05, 4.69) is 20.9 Å². The molecule has 0 spiro atoms. The molecule has 1 aromatic heterocycles. The van der Waals surface area contributed by atoms with Crippen molar-refractivity contribution in [1.82, 2.24) is 4.98 Å². The molecule has 1 N–H and O–H groups in total. The first-order valence-electron chi connectivity index (χ1n) is 7.76. The van der Waals surface area contributed by atoms with E-state index >= 15 is 0 Å². The van der Waals surface area contributed by atoms with Gasteiger partial charge in [-0.05, 0) is 42.3 Å². The average Bonchev–Trinajstić information content (AvgIpc) is 3.03. The summed E-state index contributed by atoms with van der Waals surface area (Å²) in [7, 11) is 1.64. The number of hydrogen-bond donors (Lipinski definition) is 1. The summed E-state index contributed by atoms with van der Waals surface area (Å²) in [6, 6.07) is 11.6. The number of ether oxygens (including phenoxy) is 2. The number of aromatic amines is 1. The molecule has 3 aromatic rings. The Morgan fingerprint density at radius 1 is 1.29 bits per heavy atom. The number of ketones is 1. The van der Waals surface area contributed by atoms with Crippen LogP contribution in [0.4, 0.5) is 0 Å². The Hall–Kier alpha value is -2.27. The van der Waals surface area contributed by atoms with Crippen molar-refractivity contribution in [3.63, 3.8) is 0 Å². The predicted molar refractivity (Wildman–Crippen MR) is 96.0 cm³/mol. The van der Waals surface area contributed by atoms with Crippen LogP contribution in [-0.2, 0) is 6.42 Å². The minimum atomic E-state index is -0.188. The fourth-order valence-corrected chi connectivity index (χ4v) is 3.55. The van der Waals surface area contributed by atoms with Crippen LogP contribution >= 0.6 is 15.9 Å². The number of fused-ring (bicyclic) bond motifs is 2. The van der Waals surface area contributed by atoms with Crippen LogP contribution in [0.25, 0.3) is 10.9 Å². The van der Waals surface area contributed by atoms with Gasteiger partial charge in [-0.3, -0.25) is 4.79 Å². The Morgan fingerprint density at radius 3 is 3.00 bits per heavy atom. The zero-order chi connectivity index (χ0) is 16.7. The van der Waals surface area contributed by atoms with Crippen LogP contribution < -0.4 is 9.47 Å². The summed E-state index contributed by atoms with van der Waals surface area (Å²) < 4.78 is 12.0. The molecule has 2 aromatic carbocycles. The summed E-state index contributed by atoms with van der Waals surface area (Å²) in [6.45, 7) is 0.404. The van der Waals surface area contributed by atoms with E-state index in [9.17, 15) is 4.79 Å². The summed E-state index contributed by atoms with van der Waals surface area (Å²) >= 11 is 3.45. The lowest BCUT2D eigenvalue weighted by molar-refractivity contribution is 0.0856. The first-order valence-corrected chi connectivity index (χ1v) is 8.55. The van der Waals surface area contributed by atoms with Gasteiger partial charge >= 0.3 is 0 Å². The van der Waals surface area contributed by atoms with Crippen molar-refractivity contribution in [1.29, 1.82) is 0 Å².